The van der Waals surface area contributed by atoms with Gasteiger partial charge in [-0.25, -0.2) is 10.4 Å². The van der Waals surface area contributed by atoms with E-state index in [4.69, 9.17) is 27.9 Å². The van der Waals surface area contributed by atoms with Crippen molar-refractivity contribution in [2.45, 2.75) is 10.9 Å². The Balaban J connectivity index is 1.26. The first kappa shape index (κ1) is 22.6. The van der Waals surface area contributed by atoms with Gasteiger partial charge in [-0.3, -0.25) is 4.79 Å². The fourth-order valence-electron chi connectivity index (χ4n) is 2.73. The van der Waals surface area contributed by atoms with Crippen LogP contribution in [0.3, 0.4) is 0 Å². The van der Waals surface area contributed by atoms with Crippen molar-refractivity contribution in [1.29, 1.82) is 0 Å². The number of carbonyl (C=O) groups is 1. The van der Waals surface area contributed by atoms with Crippen molar-refractivity contribution in [3.8, 4) is 5.75 Å². The summed E-state index contributed by atoms with van der Waals surface area (Å²) in [5.41, 5.74) is 5.20. The minimum Gasteiger partial charge on any atom is -0.489 e. The fourth-order valence-corrected chi connectivity index (χ4v) is 4.91. The monoisotopic (exact) mass is 501 g/mol. The summed E-state index contributed by atoms with van der Waals surface area (Å²) >= 11 is 14.9. The molecule has 1 amide bonds. The number of hydrogen-bond donors (Lipinski definition) is 1. The summed E-state index contributed by atoms with van der Waals surface area (Å²) in [7, 11) is 0. The Hall–Kier alpha value is -2.58. The van der Waals surface area contributed by atoms with Gasteiger partial charge >= 0.3 is 0 Å². The Kier molecular flexibility index (Phi) is 7.65. The number of hydrazone groups is 1. The zero-order valence-corrected chi connectivity index (χ0v) is 19.8. The third kappa shape index (κ3) is 6.23. The van der Waals surface area contributed by atoms with Crippen LogP contribution in [0.1, 0.15) is 11.1 Å². The van der Waals surface area contributed by atoms with E-state index in [0.29, 0.717) is 22.4 Å². The second-order valence-electron chi connectivity index (χ2n) is 6.64. The lowest BCUT2D eigenvalue weighted by Crippen LogP contribution is -2.19. The number of carbonyl (C=O) groups excluding carboxylic acids is 1. The Morgan fingerprint density at radius 2 is 1.97 bits per heavy atom. The highest BCUT2D eigenvalue weighted by Crippen LogP contribution is 2.29. The number of nitrogens with zero attached hydrogens (tertiary/aromatic N) is 2. The molecule has 32 heavy (non-hydrogen) atoms. The number of thiazole rings is 1. The second kappa shape index (κ2) is 10.8. The Bertz CT molecular complexity index is 1240. The minimum absolute atomic E-state index is 0.197. The number of ether oxygens (including phenoxy) is 1. The standard InChI is InChI=1S/C23H17Cl2N3O2S2/c24-18-9-8-16(11-19(18)25)13-30-17-5-3-4-15(10-17)12-26-28-22(29)14-31-23-27-20-6-1-2-7-21(20)32-23/h1-12H,13-14H2,(H,28,29)/b26-12+. The Labute approximate surface area is 203 Å². The highest BCUT2D eigenvalue weighted by Gasteiger charge is 2.07. The van der Waals surface area contributed by atoms with Gasteiger partial charge in [0.15, 0.2) is 4.34 Å². The molecule has 9 heteroatoms. The maximum Gasteiger partial charge on any atom is 0.250 e. The van der Waals surface area contributed by atoms with Crippen molar-refractivity contribution in [1.82, 2.24) is 10.4 Å². The van der Waals surface area contributed by atoms with Crippen molar-refractivity contribution in [3.05, 3.63) is 87.9 Å². The summed E-state index contributed by atoms with van der Waals surface area (Å²) in [6.07, 6.45) is 1.58. The predicted octanol–water partition coefficient (Wildman–Crippen LogP) is 6.42. The van der Waals surface area contributed by atoms with Crippen molar-refractivity contribution in [3.63, 3.8) is 0 Å². The molecule has 0 bridgehead atoms. The first-order valence-corrected chi connectivity index (χ1v) is 12.1. The third-order valence-electron chi connectivity index (χ3n) is 4.25. The molecule has 3 aromatic carbocycles. The van der Waals surface area contributed by atoms with Crippen LogP contribution in [0.4, 0.5) is 0 Å². The molecule has 0 aliphatic heterocycles. The molecule has 0 fully saturated rings. The molecule has 162 valence electrons. The molecular formula is C23H17Cl2N3O2S2. The van der Waals surface area contributed by atoms with E-state index in [1.54, 1.807) is 29.7 Å². The normalized spacial score (nSPS) is 11.2. The molecule has 0 saturated heterocycles. The number of para-hydroxylation sites is 1. The molecule has 4 rings (SSSR count). The van der Waals surface area contributed by atoms with Crippen LogP contribution in [-0.4, -0.2) is 22.9 Å². The van der Waals surface area contributed by atoms with E-state index in [0.717, 1.165) is 25.7 Å². The summed E-state index contributed by atoms with van der Waals surface area (Å²) in [5.74, 6) is 0.722. The highest BCUT2D eigenvalue weighted by atomic mass is 35.5. The van der Waals surface area contributed by atoms with Crippen molar-refractivity contribution >= 4 is 68.6 Å². The van der Waals surface area contributed by atoms with Crippen molar-refractivity contribution < 1.29 is 9.53 Å². The topological polar surface area (TPSA) is 63.6 Å². The molecule has 5 nitrogen and oxygen atoms in total. The zero-order valence-electron chi connectivity index (χ0n) is 16.6. The summed E-state index contributed by atoms with van der Waals surface area (Å²) in [4.78, 5) is 16.6. The van der Waals surface area contributed by atoms with Gasteiger partial charge in [0.2, 0.25) is 0 Å². The molecule has 1 aromatic heterocycles. The van der Waals surface area contributed by atoms with Crippen LogP contribution >= 0.6 is 46.3 Å². The largest absolute Gasteiger partial charge is 0.489 e. The summed E-state index contributed by atoms with van der Waals surface area (Å²) in [6.45, 7) is 0.358. The van der Waals surface area contributed by atoms with Crippen LogP contribution < -0.4 is 10.2 Å². The van der Waals surface area contributed by atoms with Crippen LogP contribution in [0, 0.1) is 0 Å². The van der Waals surface area contributed by atoms with Crippen LogP contribution in [0.5, 0.6) is 5.75 Å². The maximum atomic E-state index is 12.1. The van der Waals surface area contributed by atoms with E-state index in [-0.39, 0.29) is 11.7 Å². The number of aromatic nitrogens is 1. The predicted molar refractivity (Wildman–Crippen MR) is 133 cm³/mol. The van der Waals surface area contributed by atoms with Gasteiger partial charge in [-0.2, -0.15) is 5.10 Å². The number of halogens is 2. The summed E-state index contributed by atoms with van der Waals surface area (Å²) in [6, 6.07) is 20.7. The SMILES string of the molecule is O=C(CSc1nc2ccccc2s1)N/N=C/c1cccc(OCc2ccc(Cl)c(Cl)c2)c1. The van der Waals surface area contributed by atoms with Crippen LogP contribution in [0.25, 0.3) is 10.2 Å². The molecule has 0 atom stereocenters. The van der Waals surface area contributed by atoms with Gasteiger partial charge in [0.25, 0.3) is 5.91 Å². The van der Waals surface area contributed by atoms with Gasteiger partial charge in [-0.15, -0.1) is 11.3 Å². The number of thioether (sulfide) groups is 1. The molecule has 0 saturated carbocycles. The van der Waals surface area contributed by atoms with Gasteiger partial charge in [0, 0.05) is 0 Å². The van der Waals surface area contributed by atoms with Crippen molar-refractivity contribution in [2.75, 3.05) is 5.75 Å². The Morgan fingerprint density at radius 1 is 1.09 bits per heavy atom. The van der Waals surface area contributed by atoms with E-state index >= 15 is 0 Å². The van der Waals surface area contributed by atoms with Gasteiger partial charge < -0.3 is 4.74 Å². The number of benzene rings is 3. The van der Waals surface area contributed by atoms with Gasteiger partial charge in [-0.05, 0) is 47.5 Å². The van der Waals surface area contributed by atoms with E-state index in [1.807, 2.05) is 54.6 Å². The van der Waals surface area contributed by atoms with Gasteiger partial charge in [-0.1, -0.05) is 65.3 Å². The van der Waals surface area contributed by atoms with E-state index in [9.17, 15) is 4.79 Å². The first-order valence-electron chi connectivity index (χ1n) is 9.54. The third-order valence-corrected chi connectivity index (χ3v) is 7.17. The number of fused-ring (bicyclic) bond motifs is 1. The molecule has 0 aliphatic rings. The minimum atomic E-state index is -0.197. The highest BCUT2D eigenvalue weighted by molar-refractivity contribution is 8.01. The lowest BCUT2D eigenvalue weighted by Gasteiger charge is -2.08. The lowest BCUT2D eigenvalue weighted by molar-refractivity contribution is -0.118. The van der Waals surface area contributed by atoms with Gasteiger partial charge in [0.05, 0.1) is 32.2 Å². The van der Waals surface area contributed by atoms with E-state index in [2.05, 4.69) is 15.5 Å². The Morgan fingerprint density at radius 3 is 2.81 bits per heavy atom. The molecule has 0 unspecified atom stereocenters. The molecule has 1 heterocycles. The molecule has 0 spiro atoms. The number of hydrogen-bond acceptors (Lipinski definition) is 6. The van der Waals surface area contributed by atoms with E-state index < -0.39 is 0 Å². The quantitative estimate of drug-likeness (QED) is 0.172. The molecule has 0 radical (unpaired) electrons. The molecular weight excluding hydrogens is 485 g/mol. The lowest BCUT2D eigenvalue weighted by atomic mass is 10.2. The van der Waals surface area contributed by atoms with Crippen LogP contribution in [-0.2, 0) is 11.4 Å². The number of nitrogens with one attached hydrogen (secondary N) is 1. The second-order valence-corrected chi connectivity index (χ2v) is 9.71. The van der Waals surface area contributed by atoms with Crippen molar-refractivity contribution in [2.24, 2.45) is 5.10 Å². The molecule has 0 aliphatic carbocycles. The van der Waals surface area contributed by atoms with Crippen LogP contribution in [0.15, 0.2) is 76.2 Å². The fraction of sp³-hybridized carbons (Fsp3) is 0.0870. The summed E-state index contributed by atoms with van der Waals surface area (Å²) in [5, 5.41) is 5.03. The average Bonchev–Trinajstić information content (AvgIpc) is 3.22. The molecule has 4 aromatic rings. The van der Waals surface area contributed by atoms with Crippen LogP contribution in [0.2, 0.25) is 10.0 Å². The number of amides is 1. The molecule has 1 N–H and O–H groups in total. The first-order chi connectivity index (χ1) is 15.6. The smallest absolute Gasteiger partial charge is 0.250 e. The van der Waals surface area contributed by atoms with Gasteiger partial charge in [0.1, 0.15) is 12.4 Å². The maximum absolute atomic E-state index is 12.1. The summed E-state index contributed by atoms with van der Waals surface area (Å²) < 4.78 is 7.77. The zero-order chi connectivity index (χ0) is 22.3. The average molecular weight is 502 g/mol. The number of rotatable bonds is 8. The van der Waals surface area contributed by atoms with E-state index in [1.165, 1.54) is 11.8 Å².